The Bertz CT molecular complexity index is 259. The first kappa shape index (κ1) is 10.8. The van der Waals surface area contributed by atoms with Crippen molar-refractivity contribution in [3.63, 3.8) is 0 Å². The molecule has 3 heteroatoms. The Morgan fingerprint density at radius 1 is 1.15 bits per heavy atom. The summed E-state index contributed by atoms with van der Waals surface area (Å²) in [7, 11) is 0. The first-order chi connectivity index (χ1) is 6.27. The summed E-state index contributed by atoms with van der Waals surface area (Å²) in [6, 6.07) is 6.71. The molecule has 0 aliphatic carbocycles. The number of hydrogen-bond acceptors (Lipinski definition) is 0. The lowest BCUT2D eigenvalue weighted by molar-refractivity contribution is 0.579. The van der Waals surface area contributed by atoms with Gasteiger partial charge in [-0.15, -0.1) is 23.2 Å². The van der Waals surface area contributed by atoms with Crippen LogP contribution in [-0.4, -0.2) is 11.8 Å². The summed E-state index contributed by atoms with van der Waals surface area (Å²) in [4.78, 5) is 0. The molecule has 1 aromatic rings. The fourth-order valence-corrected chi connectivity index (χ4v) is 1.67. The van der Waals surface area contributed by atoms with Crippen molar-refractivity contribution in [3.05, 3.63) is 35.6 Å². The van der Waals surface area contributed by atoms with Crippen LogP contribution >= 0.6 is 23.2 Å². The molecule has 0 aromatic heterocycles. The van der Waals surface area contributed by atoms with Crippen LogP contribution in [0.15, 0.2) is 24.3 Å². The maximum absolute atomic E-state index is 13.1. The van der Waals surface area contributed by atoms with Crippen LogP contribution in [-0.2, 0) is 6.42 Å². The zero-order valence-electron chi connectivity index (χ0n) is 7.14. The molecular weight excluding hydrogens is 210 g/mol. The summed E-state index contributed by atoms with van der Waals surface area (Å²) >= 11 is 11.3. The molecule has 0 unspecified atom stereocenters. The van der Waals surface area contributed by atoms with Gasteiger partial charge in [0.15, 0.2) is 0 Å². The van der Waals surface area contributed by atoms with Gasteiger partial charge in [-0.1, -0.05) is 18.2 Å². The fourth-order valence-electron chi connectivity index (χ4n) is 1.13. The second kappa shape index (κ2) is 5.46. The molecule has 0 radical (unpaired) electrons. The third-order valence-corrected chi connectivity index (χ3v) is 2.78. The van der Waals surface area contributed by atoms with Crippen molar-refractivity contribution >= 4 is 23.2 Å². The molecule has 72 valence electrons. The summed E-state index contributed by atoms with van der Waals surface area (Å²) in [5.74, 6) is 0.915. The highest BCUT2D eigenvalue weighted by Gasteiger charge is 2.09. The van der Waals surface area contributed by atoms with Gasteiger partial charge >= 0.3 is 0 Å². The van der Waals surface area contributed by atoms with Gasteiger partial charge in [-0.3, -0.25) is 0 Å². The maximum atomic E-state index is 13.1. The molecule has 0 bridgehead atoms. The quantitative estimate of drug-likeness (QED) is 0.683. The number of rotatable bonds is 4. The minimum absolute atomic E-state index is 0.153. The van der Waals surface area contributed by atoms with Crippen LogP contribution in [0.4, 0.5) is 4.39 Å². The van der Waals surface area contributed by atoms with E-state index in [4.69, 9.17) is 23.2 Å². The first-order valence-corrected chi connectivity index (χ1v) is 5.20. The Morgan fingerprint density at radius 3 is 2.31 bits per heavy atom. The minimum Gasteiger partial charge on any atom is -0.207 e. The lowest BCUT2D eigenvalue weighted by atomic mass is 10.0. The number of halogens is 3. The molecule has 0 saturated heterocycles. The van der Waals surface area contributed by atoms with Crippen LogP contribution in [0.3, 0.4) is 0 Å². The van der Waals surface area contributed by atoms with Crippen molar-refractivity contribution in [1.29, 1.82) is 0 Å². The van der Waals surface area contributed by atoms with Crippen molar-refractivity contribution in [1.82, 2.24) is 0 Å². The SMILES string of the molecule is Fc1ccccc1CC(CCl)CCl. The third-order valence-electron chi connectivity index (χ3n) is 1.90. The predicted molar refractivity (Wildman–Crippen MR) is 55.0 cm³/mol. The van der Waals surface area contributed by atoms with Gasteiger partial charge in [0.2, 0.25) is 0 Å². The first-order valence-electron chi connectivity index (χ1n) is 4.13. The molecule has 1 aromatic carbocycles. The van der Waals surface area contributed by atoms with Crippen LogP contribution in [0, 0.1) is 11.7 Å². The van der Waals surface area contributed by atoms with E-state index in [1.54, 1.807) is 12.1 Å². The molecule has 0 spiro atoms. The molecule has 0 nitrogen and oxygen atoms in total. The van der Waals surface area contributed by atoms with Crippen LogP contribution < -0.4 is 0 Å². The molecule has 0 fully saturated rings. The summed E-state index contributed by atoms with van der Waals surface area (Å²) < 4.78 is 13.1. The molecule has 0 aliphatic rings. The Hall–Kier alpha value is -0.270. The van der Waals surface area contributed by atoms with Crippen LogP contribution in [0.2, 0.25) is 0 Å². The van der Waals surface area contributed by atoms with E-state index in [2.05, 4.69) is 0 Å². The van der Waals surface area contributed by atoms with Gasteiger partial charge in [0.1, 0.15) is 5.82 Å². The molecule has 0 saturated carbocycles. The van der Waals surface area contributed by atoms with Gasteiger partial charge in [-0.25, -0.2) is 4.39 Å². The van der Waals surface area contributed by atoms with Crippen molar-refractivity contribution in [2.75, 3.05) is 11.8 Å². The summed E-state index contributed by atoms with van der Waals surface area (Å²) in [6.45, 7) is 0. The Balaban J connectivity index is 2.67. The van der Waals surface area contributed by atoms with Crippen LogP contribution in [0.25, 0.3) is 0 Å². The number of hydrogen-bond donors (Lipinski definition) is 0. The lowest BCUT2D eigenvalue weighted by Gasteiger charge is -2.10. The largest absolute Gasteiger partial charge is 0.207 e. The molecule has 0 aliphatic heterocycles. The highest BCUT2D eigenvalue weighted by Crippen LogP contribution is 2.14. The molecular formula is C10H11Cl2F. The molecule has 0 N–H and O–H groups in total. The third kappa shape index (κ3) is 3.17. The Kier molecular flexibility index (Phi) is 4.54. The van der Waals surface area contributed by atoms with Crippen molar-refractivity contribution in [2.45, 2.75) is 6.42 Å². The van der Waals surface area contributed by atoms with Gasteiger partial charge in [-0.2, -0.15) is 0 Å². The summed E-state index contributed by atoms with van der Waals surface area (Å²) in [5, 5.41) is 0. The minimum atomic E-state index is -0.178. The van der Waals surface area contributed by atoms with E-state index in [1.165, 1.54) is 6.07 Å². The van der Waals surface area contributed by atoms with Gasteiger partial charge in [-0.05, 0) is 24.0 Å². The molecule has 1 rings (SSSR count). The van der Waals surface area contributed by atoms with Gasteiger partial charge in [0.25, 0.3) is 0 Å². The second-order valence-corrected chi connectivity index (χ2v) is 3.59. The lowest BCUT2D eigenvalue weighted by Crippen LogP contribution is -2.09. The van der Waals surface area contributed by atoms with E-state index >= 15 is 0 Å². The zero-order valence-corrected chi connectivity index (χ0v) is 8.65. The Morgan fingerprint density at radius 2 is 1.77 bits per heavy atom. The normalized spacial score (nSPS) is 10.8. The van der Waals surface area contributed by atoms with E-state index in [0.717, 1.165) is 0 Å². The van der Waals surface area contributed by atoms with Gasteiger partial charge in [0, 0.05) is 11.8 Å². The summed E-state index contributed by atoms with van der Waals surface area (Å²) in [6.07, 6.45) is 0.611. The van der Waals surface area contributed by atoms with Crippen molar-refractivity contribution in [3.8, 4) is 0 Å². The smallest absolute Gasteiger partial charge is 0.126 e. The number of alkyl halides is 2. The molecule has 0 amide bonds. The van der Waals surface area contributed by atoms with Crippen LogP contribution in [0.1, 0.15) is 5.56 Å². The van der Waals surface area contributed by atoms with E-state index in [9.17, 15) is 4.39 Å². The van der Waals surface area contributed by atoms with E-state index < -0.39 is 0 Å². The van der Waals surface area contributed by atoms with Gasteiger partial charge < -0.3 is 0 Å². The molecule has 0 atom stereocenters. The predicted octanol–water partition coefficient (Wildman–Crippen LogP) is 3.46. The fraction of sp³-hybridized carbons (Fsp3) is 0.400. The molecule has 13 heavy (non-hydrogen) atoms. The van der Waals surface area contributed by atoms with Crippen molar-refractivity contribution < 1.29 is 4.39 Å². The van der Waals surface area contributed by atoms with E-state index in [0.29, 0.717) is 23.7 Å². The monoisotopic (exact) mass is 220 g/mol. The number of benzene rings is 1. The summed E-state index contributed by atoms with van der Waals surface area (Å²) in [5.41, 5.74) is 0.689. The second-order valence-electron chi connectivity index (χ2n) is 2.97. The maximum Gasteiger partial charge on any atom is 0.126 e. The highest BCUT2D eigenvalue weighted by molar-refractivity contribution is 6.20. The average Bonchev–Trinajstić information content (AvgIpc) is 2.17. The highest BCUT2D eigenvalue weighted by atomic mass is 35.5. The van der Waals surface area contributed by atoms with Crippen molar-refractivity contribution in [2.24, 2.45) is 5.92 Å². The van der Waals surface area contributed by atoms with Gasteiger partial charge in [0.05, 0.1) is 0 Å². The van der Waals surface area contributed by atoms with Crippen LogP contribution in [0.5, 0.6) is 0 Å². The zero-order chi connectivity index (χ0) is 9.68. The van der Waals surface area contributed by atoms with E-state index in [1.807, 2.05) is 6.07 Å². The molecule has 0 heterocycles. The topological polar surface area (TPSA) is 0 Å². The standard InChI is InChI=1S/C10H11Cl2F/c11-6-8(7-12)5-9-3-1-2-4-10(9)13/h1-4,8H,5-7H2. The average molecular weight is 221 g/mol. The Labute approximate surface area is 87.7 Å². The van der Waals surface area contributed by atoms with E-state index in [-0.39, 0.29) is 11.7 Å².